The van der Waals surface area contributed by atoms with E-state index in [1.165, 1.54) is 12.1 Å². The number of amides is 1. The van der Waals surface area contributed by atoms with Gasteiger partial charge in [0.25, 0.3) is 5.91 Å². The minimum atomic E-state index is -0.539. The highest BCUT2D eigenvalue weighted by molar-refractivity contribution is 6.02. The van der Waals surface area contributed by atoms with Crippen LogP contribution in [0.3, 0.4) is 0 Å². The number of pyridine rings is 1. The number of hydrogen-bond donors (Lipinski definition) is 2. The van der Waals surface area contributed by atoms with Gasteiger partial charge < -0.3 is 16.0 Å². The third kappa shape index (κ3) is 2.51. The quantitative estimate of drug-likeness (QED) is 0.554. The highest BCUT2D eigenvalue weighted by Gasteiger charge is 2.10. The van der Waals surface area contributed by atoms with Crippen LogP contribution in [0.5, 0.6) is 0 Å². The molecule has 0 aliphatic rings. The van der Waals surface area contributed by atoms with Crippen LogP contribution in [0.1, 0.15) is 10.4 Å². The number of carbonyl (C=O) groups excluding carboxylic acids is 1. The molecule has 0 spiro atoms. The Morgan fingerprint density at radius 3 is 2.82 bits per heavy atom. The fraction of sp³-hybridized carbons (Fsp3) is 0. The van der Waals surface area contributed by atoms with E-state index in [1.807, 2.05) is 0 Å². The molecule has 22 heavy (non-hydrogen) atoms. The zero-order chi connectivity index (χ0) is 15.7. The molecule has 0 fully saturated rings. The molecule has 2 heterocycles. The van der Waals surface area contributed by atoms with Crippen molar-refractivity contribution in [2.24, 2.45) is 16.5 Å². The SMILES string of the molecule is NC(N)=NC(=O)c1ccn(-c2ccnc3ccc(F)cc23)c1. The minimum absolute atomic E-state index is 0.297. The summed E-state index contributed by atoms with van der Waals surface area (Å²) in [6.07, 6.45) is 4.87. The smallest absolute Gasteiger partial charge is 0.281 e. The summed E-state index contributed by atoms with van der Waals surface area (Å²) in [5.74, 6) is -1.19. The van der Waals surface area contributed by atoms with Crippen LogP contribution in [0.15, 0.2) is 53.9 Å². The van der Waals surface area contributed by atoms with Crippen molar-refractivity contribution < 1.29 is 9.18 Å². The maximum Gasteiger partial charge on any atom is 0.281 e. The summed E-state index contributed by atoms with van der Waals surface area (Å²) in [6, 6.07) is 7.66. The number of hydrogen-bond acceptors (Lipinski definition) is 2. The van der Waals surface area contributed by atoms with Crippen molar-refractivity contribution in [2.75, 3.05) is 0 Å². The Morgan fingerprint density at radius 1 is 1.23 bits per heavy atom. The number of aromatic nitrogens is 2. The van der Waals surface area contributed by atoms with Crippen LogP contribution in [0.4, 0.5) is 4.39 Å². The highest BCUT2D eigenvalue weighted by Crippen LogP contribution is 2.22. The van der Waals surface area contributed by atoms with Gasteiger partial charge in [-0.1, -0.05) is 0 Å². The third-order valence-corrected chi connectivity index (χ3v) is 3.13. The van der Waals surface area contributed by atoms with Crippen LogP contribution in [0, 0.1) is 5.82 Å². The average Bonchev–Trinajstić information content (AvgIpc) is 2.95. The second kappa shape index (κ2) is 5.28. The van der Waals surface area contributed by atoms with E-state index in [-0.39, 0.29) is 11.8 Å². The molecule has 0 atom stereocenters. The number of nitrogens with zero attached hydrogens (tertiary/aromatic N) is 3. The first-order valence-corrected chi connectivity index (χ1v) is 6.41. The Bertz CT molecular complexity index is 896. The third-order valence-electron chi connectivity index (χ3n) is 3.13. The maximum atomic E-state index is 13.5. The summed E-state index contributed by atoms with van der Waals surface area (Å²) >= 11 is 0. The number of fused-ring (bicyclic) bond motifs is 1. The van der Waals surface area contributed by atoms with Crippen molar-refractivity contribution in [1.82, 2.24) is 9.55 Å². The van der Waals surface area contributed by atoms with E-state index in [1.54, 1.807) is 41.4 Å². The summed E-state index contributed by atoms with van der Waals surface area (Å²) in [5.41, 5.74) is 12.1. The molecule has 6 nitrogen and oxygen atoms in total. The second-order valence-electron chi connectivity index (χ2n) is 4.64. The molecule has 0 bridgehead atoms. The van der Waals surface area contributed by atoms with Crippen molar-refractivity contribution in [3.8, 4) is 5.69 Å². The van der Waals surface area contributed by atoms with E-state index in [2.05, 4.69) is 9.98 Å². The monoisotopic (exact) mass is 297 g/mol. The molecule has 0 aliphatic heterocycles. The molecule has 110 valence electrons. The zero-order valence-electron chi connectivity index (χ0n) is 11.4. The normalized spacial score (nSPS) is 10.6. The maximum absolute atomic E-state index is 13.5. The summed E-state index contributed by atoms with van der Waals surface area (Å²) in [6.45, 7) is 0. The zero-order valence-corrected chi connectivity index (χ0v) is 11.4. The van der Waals surface area contributed by atoms with Crippen molar-refractivity contribution in [3.05, 3.63) is 60.3 Å². The van der Waals surface area contributed by atoms with E-state index in [9.17, 15) is 9.18 Å². The molecular formula is C15H12FN5O. The summed E-state index contributed by atoms with van der Waals surface area (Å²) in [5, 5.41) is 0.638. The molecule has 0 unspecified atom stereocenters. The minimum Gasteiger partial charge on any atom is -0.370 e. The van der Waals surface area contributed by atoms with Crippen molar-refractivity contribution in [1.29, 1.82) is 0 Å². The van der Waals surface area contributed by atoms with Gasteiger partial charge in [0.2, 0.25) is 0 Å². The first-order valence-electron chi connectivity index (χ1n) is 6.41. The molecular weight excluding hydrogens is 285 g/mol. The Kier molecular flexibility index (Phi) is 3.30. The van der Waals surface area contributed by atoms with Crippen molar-refractivity contribution in [2.45, 2.75) is 0 Å². The topological polar surface area (TPSA) is 99.3 Å². The number of aliphatic imine (C=N–C) groups is 1. The van der Waals surface area contributed by atoms with E-state index in [4.69, 9.17) is 11.5 Å². The molecule has 3 aromatic rings. The molecule has 0 saturated carbocycles. The summed E-state index contributed by atoms with van der Waals surface area (Å²) in [7, 11) is 0. The molecule has 0 aliphatic carbocycles. The van der Waals surface area contributed by atoms with Crippen LogP contribution < -0.4 is 11.5 Å². The van der Waals surface area contributed by atoms with Gasteiger partial charge in [0, 0.05) is 24.0 Å². The summed E-state index contributed by atoms with van der Waals surface area (Å²) < 4.78 is 15.2. The van der Waals surface area contributed by atoms with Crippen LogP contribution in [-0.4, -0.2) is 21.4 Å². The van der Waals surface area contributed by atoms with Gasteiger partial charge in [0.1, 0.15) is 5.82 Å². The van der Waals surface area contributed by atoms with E-state index >= 15 is 0 Å². The largest absolute Gasteiger partial charge is 0.370 e. The standard InChI is InChI=1S/C15H12FN5O/c16-10-1-2-12-11(7-10)13(3-5-19-12)21-6-4-9(8-21)14(22)20-15(17)18/h1-8H,(H4,17,18,20,22). The van der Waals surface area contributed by atoms with Gasteiger partial charge in [0.05, 0.1) is 16.8 Å². The molecule has 1 amide bonds. The highest BCUT2D eigenvalue weighted by atomic mass is 19.1. The lowest BCUT2D eigenvalue weighted by Crippen LogP contribution is -2.24. The lowest BCUT2D eigenvalue weighted by atomic mass is 10.2. The Hall–Kier alpha value is -3.22. The molecule has 7 heteroatoms. The molecule has 3 rings (SSSR count). The molecule has 1 aromatic carbocycles. The van der Waals surface area contributed by atoms with Crippen LogP contribution in [0.25, 0.3) is 16.6 Å². The number of carbonyl (C=O) groups is 1. The second-order valence-corrected chi connectivity index (χ2v) is 4.64. The fourth-order valence-electron chi connectivity index (χ4n) is 2.18. The molecule has 2 aromatic heterocycles. The molecule has 0 radical (unpaired) electrons. The van der Waals surface area contributed by atoms with E-state index in [0.717, 1.165) is 0 Å². The Morgan fingerprint density at radius 2 is 2.05 bits per heavy atom. The number of benzene rings is 1. The van der Waals surface area contributed by atoms with Crippen LogP contribution in [-0.2, 0) is 0 Å². The van der Waals surface area contributed by atoms with E-state index in [0.29, 0.717) is 22.2 Å². The van der Waals surface area contributed by atoms with Crippen LogP contribution >= 0.6 is 0 Å². The van der Waals surface area contributed by atoms with Gasteiger partial charge in [-0.25, -0.2) is 4.39 Å². The van der Waals surface area contributed by atoms with E-state index < -0.39 is 5.91 Å². The molecule has 4 N–H and O–H groups in total. The number of halogens is 1. The van der Waals surface area contributed by atoms with Crippen molar-refractivity contribution >= 4 is 22.8 Å². The predicted molar refractivity (Wildman–Crippen MR) is 81.2 cm³/mol. The predicted octanol–water partition coefficient (Wildman–Crippen LogP) is 1.58. The van der Waals surface area contributed by atoms with Gasteiger partial charge in [-0.15, -0.1) is 0 Å². The van der Waals surface area contributed by atoms with Gasteiger partial charge in [-0.2, -0.15) is 4.99 Å². The van der Waals surface area contributed by atoms with Gasteiger partial charge in [-0.05, 0) is 30.3 Å². The van der Waals surface area contributed by atoms with Crippen molar-refractivity contribution in [3.63, 3.8) is 0 Å². The summed E-state index contributed by atoms with van der Waals surface area (Å²) in [4.78, 5) is 19.5. The average molecular weight is 297 g/mol. The first-order chi connectivity index (χ1) is 10.5. The number of guanidine groups is 1. The molecule has 0 saturated heterocycles. The van der Waals surface area contributed by atoms with Gasteiger partial charge in [-0.3, -0.25) is 9.78 Å². The van der Waals surface area contributed by atoms with Crippen LogP contribution in [0.2, 0.25) is 0 Å². The number of nitrogens with two attached hydrogens (primary N) is 2. The van der Waals surface area contributed by atoms with Gasteiger partial charge >= 0.3 is 0 Å². The first kappa shape index (κ1) is 13.7. The Balaban J connectivity index is 2.09. The van der Waals surface area contributed by atoms with Gasteiger partial charge in [0.15, 0.2) is 5.96 Å². The number of rotatable bonds is 2. The Labute approximate surface area is 124 Å². The lowest BCUT2D eigenvalue weighted by molar-refractivity contribution is 0.100. The lowest BCUT2D eigenvalue weighted by Gasteiger charge is -2.07. The fourth-order valence-corrected chi connectivity index (χ4v) is 2.18.